The van der Waals surface area contributed by atoms with E-state index in [1.165, 1.54) is 0 Å². The number of carbonyl (C=O) groups excluding carboxylic acids is 1. The first-order chi connectivity index (χ1) is 11.1. The van der Waals surface area contributed by atoms with Crippen molar-refractivity contribution >= 4 is 16.8 Å². The molecule has 0 saturated heterocycles. The van der Waals surface area contributed by atoms with Crippen molar-refractivity contribution in [3.63, 3.8) is 0 Å². The number of amides is 1. The lowest BCUT2D eigenvalue weighted by Gasteiger charge is -2.10. The summed E-state index contributed by atoms with van der Waals surface area (Å²) in [6.07, 6.45) is 1.73. The fourth-order valence-corrected chi connectivity index (χ4v) is 2.38. The molecular formula is C16H17N5O2. The molecule has 1 atom stereocenters. The molecule has 1 unspecified atom stereocenters. The monoisotopic (exact) mass is 311 g/mol. The molecule has 2 N–H and O–H groups in total. The average molecular weight is 311 g/mol. The van der Waals surface area contributed by atoms with E-state index < -0.39 is 0 Å². The molecule has 2 aromatic heterocycles. The number of aliphatic hydroxyl groups is 1. The minimum atomic E-state index is -0.353. The van der Waals surface area contributed by atoms with Gasteiger partial charge in [0.25, 0.3) is 5.91 Å². The van der Waals surface area contributed by atoms with Crippen LogP contribution in [0, 0.1) is 6.92 Å². The largest absolute Gasteiger partial charge is 0.394 e. The van der Waals surface area contributed by atoms with Crippen LogP contribution in [0.1, 0.15) is 23.1 Å². The van der Waals surface area contributed by atoms with Gasteiger partial charge in [-0.25, -0.2) is 4.68 Å². The van der Waals surface area contributed by atoms with Gasteiger partial charge in [-0.15, -0.1) is 5.10 Å². The standard InChI is InChI=1S/C16H17N5O2/c1-10(9-22)18-16(23)15-11(2)21(20-19-15)14-7-3-6-13-12(14)5-4-8-17-13/h3-8,10,22H,9H2,1-2H3,(H,18,23). The zero-order valence-corrected chi connectivity index (χ0v) is 12.9. The van der Waals surface area contributed by atoms with Crippen molar-refractivity contribution in [2.75, 3.05) is 6.61 Å². The molecular weight excluding hydrogens is 294 g/mol. The molecule has 7 heteroatoms. The number of pyridine rings is 1. The summed E-state index contributed by atoms with van der Waals surface area (Å²) in [6.45, 7) is 3.37. The summed E-state index contributed by atoms with van der Waals surface area (Å²) in [5.41, 5.74) is 2.53. The van der Waals surface area contributed by atoms with Crippen LogP contribution >= 0.6 is 0 Å². The van der Waals surface area contributed by atoms with Gasteiger partial charge in [0.15, 0.2) is 5.69 Å². The minimum absolute atomic E-state index is 0.131. The van der Waals surface area contributed by atoms with Gasteiger partial charge in [-0.1, -0.05) is 11.3 Å². The third-order valence-corrected chi connectivity index (χ3v) is 3.61. The van der Waals surface area contributed by atoms with Crippen molar-refractivity contribution in [3.05, 3.63) is 47.9 Å². The lowest BCUT2D eigenvalue weighted by molar-refractivity contribution is 0.0916. The summed E-state index contributed by atoms with van der Waals surface area (Å²) in [5.74, 6) is -0.353. The number of nitrogens with one attached hydrogen (secondary N) is 1. The number of aliphatic hydroxyl groups excluding tert-OH is 1. The van der Waals surface area contributed by atoms with Crippen LogP contribution in [0.3, 0.4) is 0 Å². The molecule has 1 amide bonds. The van der Waals surface area contributed by atoms with Crippen molar-refractivity contribution in [1.29, 1.82) is 0 Å². The van der Waals surface area contributed by atoms with E-state index in [1.807, 2.05) is 30.3 Å². The molecule has 7 nitrogen and oxygen atoms in total. The number of rotatable bonds is 4. The van der Waals surface area contributed by atoms with Gasteiger partial charge in [0.2, 0.25) is 0 Å². The SMILES string of the molecule is Cc1c(C(=O)NC(C)CO)nnn1-c1cccc2ncccc12. The predicted octanol–water partition coefficient (Wildman–Crippen LogP) is 1.23. The van der Waals surface area contributed by atoms with Crippen LogP contribution in [-0.2, 0) is 0 Å². The van der Waals surface area contributed by atoms with E-state index in [0.29, 0.717) is 5.69 Å². The topological polar surface area (TPSA) is 92.9 Å². The van der Waals surface area contributed by atoms with E-state index in [9.17, 15) is 4.79 Å². The lowest BCUT2D eigenvalue weighted by Crippen LogP contribution is -2.35. The van der Waals surface area contributed by atoms with Crippen LogP contribution < -0.4 is 5.32 Å². The number of fused-ring (bicyclic) bond motifs is 1. The van der Waals surface area contributed by atoms with Gasteiger partial charge >= 0.3 is 0 Å². The van der Waals surface area contributed by atoms with Crippen LogP contribution in [-0.4, -0.2) is 43.6 Å². The molecule has 3 aromatic rings. The lowest BCUT2D eigenvalue weighted by atomic mass is 10.2. The van der Waals surface area contributed by atoms with Crippen LogP contribution in [0.4, 0.5) is 0 Å². The Hall–Kier alpha value is -2.80. The Kier molecular flexibility index (Phi) is 4.03. The summed E-state index contributed by atoms with van der Waals surface area (Å²) < 4.78 is 1.63. The molecule has 2 heterocycles. The number of aromatic nitrogens is 4. The Balaban J connectivity index is 2.03. The number of hydrogen-bond acceptors (Lipinski definition) is 5. The fourth-order valence-electron chi connectivity index (χ4n) is 2.38. The number of hydrogen-bond donors (Lipinski definition) is 2. The van der Waals surface area contributed by atoms with E-state index in [2.05, 4.69) is 20.6 Å². The van der Waals surface area contributed by atoms with E-state index >= 15 is 0 Å². The predicted molar refractivity (Wildman–Crippen MR) is 85.4 cm³/mol. The van der Waals surface area contributed by atoms with E-state index in [4.69, 9.17) is 5.11 Å². The highest BCUT2D eigenvalue weighted by Gasteiger charge is 2.19. The molecule has 0 spiro atoms. The van der Waals surface area contributed by atoms with Crippen LogP contribution in [0.15, 0.2) is 36.5 Å². The minimum Gasteiger partial charge on any atom is -0.394 e. The van der Waals surface area contributed by atoms with Crippen molar-refractivity contribution in [2.45, 2.75) is 19.9 Å². The maximum atomic E-state index is 12.2. The molecule has 23 heavy (non-hydrogen) atoms. The van der Waals surface area contributed by atoms with Crippen LogP contribution in [0.2, 0.25) is 0 Å². The summed E-state index contributed by atoms with van der Waals surface area (Å²) in [6, 6.07) is 9.18. The third kappa shape index (κ3) is 2.78. The summed E-state index contributed by atoms with van der Waals surface area (Å²) in [4.78, 5) is 16.5. The number of nitrogens with zero attached hydrogens (tertiary/aromatic N) is 4. The summed E-state index contributed by atoms with van der Waals surface area (Å²) in [7, 11) is 0. The van der Waals surface area contributed by atoms with Gasteiger partial charge in [0, 0.05) is 17.6 Å². The molecule has 3 rings (SSSR count). The molecule has 0 aliphatic heterocycles. The second-order valence-corrected chi connectivity index (χ2v) is 5.34. The molecule has 0 radical (unpaired) electrons. The summed E-state index contributed by atoms with van der Waals surface area (Å²) in [5, 5.41) is 20.7. The van der Waals surface area contributed by atoms with Gasteiger partial charge in [0.1, 0.15) is 0 Å². The zero-order valence-electron chi connectivity index (χ0n) is 12.9. The fraction of sp³-hybridized carbons (Fsp3) is 0.250. The molecule has 0 aliphatic carbocycles. The van der Waals surface area contributed by atoms with Crippen LogP contribution in [0.5, 0.6) is 0 Å². The third-order valence-electron chi connectivity index (χ3n) is 3.61. The molecule has 0 aliphatic rings. The highest BCUT2D eigenvalue weighted by atomic mass is 16.3. The average Bonchev–Trinajstić information content (AvgIpc) is 2.95. The zero-order chi connectivity index (χ0) is 16.4. The molecule has 0 fully saturated rings. The molecule has 0 saturated carbocycles. The Morgan fingerprint density at radius 3 is 2.96 bits per heavy atom. The van der Waals surface area contributed by atoms with Gasteiger partial charge in [-0.3, -0.25) is 9.78 Å². The maximum absolute atomic E-state index is 12.2. The van der Waals surface area contributed by atoms with Crippen LogP contribution in [0.25, 0.3) is 16.6 Å². The van der Waals surface area contributed by atoms with E-state index in [0.717, 1.165) is 16.6 Å². The van der Waals surface area contributed by atoms with Gasteiger partial charge < -0.3 is 10.4 Å². The van der Waals surface area contributed by atoms with Crippen molar-refractivity contribution in [3.8, 4) is 5.69 Å². The second kappa shape index (κ2) is 6.13. The first-order valence-corrected chi connectivity index (χ1v) is 7.30. The van der Waals surface area contributed by atoms with Crippen molar-refractivity contribution in [2.24, 2.45) is 0 Å². The highest BCUT2D eigenvalue weighted by Crippen LogP contribution is 2.21. The second-order valence-electron chi connectivity index (χ2n) is 5.34. The highest BCUT2D eigenvalue weighted by molar-refractivity contribution is 5.94. The molecule has 0 bridgehead atoms. The maximum Gasteiger partial charge on any atom is 0.274 e. The molecule has 118 valence electrons. The number of benzene rings is 1. The van der Waals surface area contributed by atoms with Crippen molar-refractivity contribution < 1.29 is 9.90 Å². The van der Waals surface area contributed by atoms with Gasteiger partial charge in [-0.05, 0) is 38.1 Å². The smallest absolute Gasteiger partial charge is 0.274 e. The Bertz CT molecular complexity index is 853. The van der Waals surface area contributed by atoms with E-state index in [-0.39, 0.29) is 24.2 Å². The Morgan fingerprint density at radius 1 is 1.35 bits per heavy atom. The van der Waals surface area contributed by atoms with Gasteiger partial charge in [-0.2, -0.15) is 0 Å². The Labute approximate surface area is 133 Å². The van der Waals surface area contributed by atoms with E-state index in [1.54, 1.807) is 24.7 Å². The quantitative estimate of drug-likeness (QED) is 0.756. The Morgan fingerprint density at radius 2 is 2.17 bits per heavy atom. The first-order valence-electron chi connectivity index (χ1n) is 7.30. The number of carbonyl (C=O) groups is 1. The first kappa shape index (κ1) is 15.1. The normalized spacial score (nSPS) is 12.3. The van der Waals surface area contributed by atoms with Gasteiger partial charge in [0.05, 0.1) is 23.5 Å². The van der Waals surface area contributed by atoms with Crippen molar-refractivity contribution in [1.82, 2.24) is 25.3 Å². The molecule has 1 aromatic carbocycles. The summed E-state index contributed by atoms with van der Waals surface area (Å²) >= 11 is 0.